The Bertz CT molecular complexity index is 260. The smallest absolute Gasteiger partial charge is 0.253 e. The summed E-state index contributed by atoms with van der Waals surface area (Å²) in [5, 5.41) is 3.93. The SMILES string of the molecule is Cn1cc(CCC(N)C(F)F)cn1. The van der Waals surface area contributed by atoms with Gasteiger partial charge in [0.25, 0.3) is 6.43 Å². The van der Waals surface area contributed by atoms with E-state index in [1.807, 2.05) is 0 Å². The zero-order valence-corrected chi connectivity index (χ0v) is 7.45. The Hall–Kier alpha value is -0.970. The Morgan fingerprint density at radius 1 is 1.62 bits per heavy atom. The number of alkyl halides is 2. The Morgan fingerprint density at radius 2 is 2.31 bits per heavy atom. The van der Waals surface area contributed by atoms with Gasteiger partial charge in [-0.3, -0.25) is 4.68 Å². The molecule has 0 bridgehead atoms. The van der Waals surface area contributed by atoms with Crippen LogP contribution in [0.2, 0.25) is 0 Å². The second kappa shape index (κ2) is 4.32. The Kier molecular flexibility index (Phi) is 3.36. The minimum Gasteiger partial charge on any atom is -0.323 e. The van der Waals surface area contributed by atoms with E-state index in [4.69, 9.17) is 5.73 Å². The standard InChI is InChI=1S/C8H13F2N3/c1-13-5-6(4-12-13)2-3-7(11)8(9)10/h4-5,7-8H,2-3,11H2,1H3. The van der Waals surface area contributed by atoms with Gasteiger partial charge in [0.05, 0.1) is 12.2 Å². The molecule has 0 aromatic carbocycles. The number of nitrogens with two attached hydrogens (primary N) is 1. The predicted molar refractivity (Wildman–Crippen MR) is 45.5 cm³/mol. The molecule has 1 rings (SSSR count). The number of hydrogen-bond acceptors (Lipinski definition) is 2. The van der Waals surface area contributed by atoms with Gasteiger partial charge in [0.2, 0.25) is 0 Å². The van der Waals surface area contributed by atoms with Crippen molar-refractivity contribution in [2.75, 3.05) is 0 Å². The van der Waals surface area contributed by atoms with E-state index >= 15 is 0 Å². The van der Waals surface area contributed by atoms with Crippen molar-refractivity contribution in [3.05, 3.63) is 18.0 Å². The van der Waals surface area contributed by atoms with Crippen molar-refractivity contribution < 1.29 is 8.78 Å². The topological polar surface area (TPSA) is 43.8 Å². The van der Waals surface area contributed by atoms with Gasteiger partial charge in [0.15, 0.2) is 0 Å². The fraction of sp³-hybridized carbons (Fsp3) is 0.625. The van der Waals surface area contributed by atoms with E-state index in [0.29, 0.717) is 12.8 Å². The van der Waals surface area contributed by atoms with Crippen LogP contribution in [0.3, 0.4) is 0 Å². The van der Waals surface area contributed by atoms with Crippen molar-refractivity contribution >= 4 is 0 Å². The molecule has 0 spiro atoms. The number of nitrogens with zero attached hydrogens (tertiary/aromatic N) is 2. The molecule has 0 aliphatic carbocycles. The lowest BCUT2D eigenvalue weighted by atomic mass is 10.1. The Balaban J connectivity index is 2.35. The summed E-state index contributed by atoms with van der Waals surface area (Å²) < 4.78 is 25.6. The normalized spacial score (nSPS) is 13.6. The van der Waals surface area contributed by atoms with Crippen molar-refractivity contribution in [1.82, 2.24) is 9.78 Å². The first-order chi connectivity index (χ1) is 6.09. The fourth-order valence-electron chi connectivity index (χ4n) is 1.06. The molecule has 0 fully saturated rings. The van der Waals surface area contributed by atoms with Crippen LogP contribution >= 0.6 is 0 Å². The number of halogens is 2. The van der Waals surface area contributed by atoms with Crippen molar-refractivity contribution in [3.8, 4) is 0 Å². The van der Waals surface area contributed by atoms with Gasteiger partial charge in [-0.2, -0.15) is 5.10 Å². The van der Waals surface area contributed by atoms with E-state index < -0.39 is 12.5 Å². The average molecular weight is 189 g/mol. The van der Waals surface area contributed by atoms with Crippen LogP contribution in [-0.4, -0.2) is 22.2 Å². The van der Waals surface area contributed by atoms with E-state index in [2.05, 4.69) is 5.10 Å². The third-order valence-electron chi connectivity index (χ3n) is 1.85. The zero-order chi connectivity index (χ0) is 9.84. The number of rotatable bonds is 4. The molecule has 0 aliphatic heterocycles. The Morgan fingerprint density at radius 3 is 2.77 bits per heavy atom. The van der Waals surface area contributed by atoms with Gasteiger partial charge in [0, 0.05) is 13.2 Å². The van der Waals surface area contributed by atoms with Crippen LogP contribution in [0.5, 0.6) is 0 Å². The second-order valence-corrected chi connectivity index (χ2v) is 3.06. The zero-order valence-electron chi connectivity index (χ0n) is 7.45. The van der Waals surface area contributed by atoms with Gasteiger partial charge < -0.3 is 5.73 Å². The largest absolute Gasteiger partial charge is 0.323 e. The van der Waals surface area contributed by atoms with Gasteiger partial charge in [-0.25, -0.2) is 8.78 Å². The molecular weight excluding hydrogens is 176 g/mol. The van der Waals surface area contributed by atoms with Crippen LogP contribution in [0.25, 0.3) is 0 Å². The van der Waals surface area contributed by atoms with Gasteiger partial charge in [0.1, 0.15) is 0 Å². The van der Waals surface area contributed by atoms with Crippen LogP contribution < -0.4 is 5.73 Å². The molecule has 1 unspecified atom stereocenters. The van der Waals surface area contributed by atoms with E-state index in [0.717, 1.165) is 5.56 Å². The van der Waals surface area contributed by atoms with Crippen LogP contribution in [0, 0.1) is 0 Å². The minimum absolute atomic E-state index is 0.295. The summed E-state index contributed by atoms with van der Waals surface area (Å²) >= 11 is 0. The number of hydrogen-bond donors (Lipinski definition) is 1. The molecule has 0 aliphatic rings. The summed E-state index contributed by atoms with van der Waals surface area (Å²) in [5.74, 6) is 0. The van der Waals surface area contributed by atoms with Crippen LogP contribution in [0.15, 0.2) is 12.4 Å². The molecule has 13 heavy (non-hydrogen) atoms. The van der Waals surface area contributed by atoms with E-state index in [1.165, 1.54) is 0 Å². The summed E-state index contributed by atoms with van der Waals surface area (Å²) in [6.07, 6.45) is 1.88. The molecule has 0 saturated heterocycles. The second-order valence-electron chi connectivity index (χ2n) is 3.06. The third-order valence-corrected chi connectivity index (χ3v) is 1.85. The van der Waals surface area contributed by atoms with Crippen molar-refractivity contribution in [2.45, 2.75) is 25.3 Å². The third kappa shape index (κ3) is 3.10. The van der Waals surface area contributed by atoms with Crippen LogP contribution in [0.1, 0.15) is 12.0 Å². The lowest BCUT2D eigenvalue weighted by Crippen LogP contribution is -2.28. The predicted octanol–water partition coefficient (Wildman–Crippen LogP) is 0.945. The highest BCUT2D eigenvalue weighted by molar-refractivity contribution is 5.03. The maximum Gasteiger partial charge on any atom is 0.253 e. The summed E-state index contributed by atoms with van der Waals surface area (Å²) in [7, 11) is 1.79. The number of aromatic nitrogens is 2. The van der Waals surface area contributed by atoms with Crippen LogP contribution in [-0.2, 0) is 13.5 Å². The molecule has 1 aromatic heterocycles. The first kappa shape index (κ1) is 10.1. The molecule has 5 heteroatoms. The van der Waals surface area contributed by atoms with Gasteiger partial charge in [-0.1, -0.05) is 0 Å². The molecule has 0 amide bonds. The highest BCUT2D eigenvalue weighted by atomic mass is 19.3. The Labute approximate surface area is 75.5 Å². The monoisotopic (exact) mass is 189 g/mol. The lowest BCUT2D eigenvalue weighted by molar-refractivity contribution is 0.112. The number of aryl methyl sites for hydroxylation is 2. The molecular formula is C8H13F2N3. The first-order valence-electron chi connectivity index (χ1n) is 4.11. The summed E-state index contributed by atoms with van der Waals surface area (Å²) in [5.41, 5.74) is 6.14. The molecule has 0 saturated carbocycles. The summed E-state index contributed by atoms with van der Waals surface area (Å²) in [6.45, 7) is 0. The van der Waals surface area contributed by atoms with Gasteiger partial charge in [-0.15, -0.1) is 0 Å². The van der Waals surface area contributed by atoms with E-state index in [-0.39, 0.29) is 0 Å². The maximum absolute atomic E-state index is 12.0. The van der Waals surface area contributed by atoms with E-state index in [9.17, 15) is 8.78 Å². The fourth-order valence-corrected chi connectivity index (χ4v) is 1.06. The van der Waals surface area contributed by atoms with Crippen molar-refractivity contribution in [1.29, 1.82) is 0 Å². The first-order valence-corrected chi connectivity index (χ1v) is 4.11. The summed E-state index contributed by atoms with van der Waals surface area (Å²) in [4.78, 5) is 0. The lowest BCUT2D eigenvalue weighted by Gasteiger charge is -2.08. The molecule has 74 valence electrons. The minimum atomic E-state index is -2.43. The molecule has 3 nitrogen and oxygen atoms in total. The van der Waals surface area contributed by atoms with E-state index in [1.54, 1.807) is 24.1 Å². The molecule has 0 radical (unpaired) electrons. The van der Waals surface area contributed by atoms with Gasteiger partial charge in [-0.05, 0) is 18.4 Å². The maximum atomic E-state index is 12.0. The molecule has 1 heterocycles. The highest BCUT2D eigenvalue weighted by Crippen LogP contribution is 2.07. The quantitative estimate of drug-likeness (QED) is 0.766. The molecule has 1 atom stereocenters. The highest BCUT2D eigenvalue weighted by Gasteiger charge is 2.14. The summed E-state index contributed by atoms with van der Waals surface area (Å²) in [6, 6.07) is -1.03. The molecule has 2 N–H and O–H groups in total. The van der Waals surface area contributed by atoms with Gasteiger partial charge >= 0.3 is 0 Å². The van der Waals surface area contributed by atoms with Crippen LogP contribution in [0.4, 0.5) is 8.78 Å². The average Bonchev–Trinajstić information content (AvgIpc) is 2.47. The molecule has 1 aromatic rings. The van der Waals surface area contributed by atoms with Crippen molar-refractivity contribution in [3.63, 3.8) is 0 Å². The van der Waals surface area contributed by atoms with Crippen molar-refractivity contribution in [2.24, 2.45) is 12.8 Å².